The zero-order chi connectivity index (χ0) is 11.2. The lowest BCUT2D eigenvalue weighted by molar-refractivity contribution is -0.121. The van der Waals surface area contributed by atoms with Gasteiger partial charge in [-0.2, -0.15) is 5.10 Å². The predicted molar refractivity (Wildman–Crippen MR) is 60.1 cm³/mol. The number of hydrogen-bond acceptors (Lipinski definition) is 4. The van der Waals surface area contributed by atoms with Crippen LogP contribution in [-0.2, 0) is 4.79 Å². The lowest BCUT2D eigenvalue weighted by atomic mass is 10.4. The van der Waals surface area contributed by atoms with Gasteiger partial charge in [0.25, 0.3) is 5.91 Å². The molecule has 0 unspecified atom stereocenters. The first-order valence-electron chi connectivity index (χ1n) is 5.42. The van der Waals surface area contributed by atoms with E-state index >= 15 is 0 Å². The number of nitrogens with one attached hydrogen (secondary N) is 1. The average Bonchev–Trinajstić information content (AvgIpc) is 2.90. The maximum Gasteiger partial charge on any atom is 0.254 e. The predicted octanol–water partition coefficient (Wildman–Crippen LogP) is 0.825. The molecule has 2 rings (SSSR count). The van der Waals surface area contributed by atoms with Crippen LogP contribution in [0.15, 0.2) is 27.9 Å². The van der Waals surface area contributed by atoms with E-state index in [1.54, 1.807) is 18.4 Å². The van der Waals surface area contributed by atoms with Crippen molar-refractivity contribution in [1.29, 1.82) is 0 Å². The Morgan fingerprint density at radius 1 is 1.56 bits per heavy atom. The fraction of sp³-hybridized carbons (Fsp3) is 0.455. The van der Waals surface area contributed by atoms with Crippen molar-refractivity contribution >= 4 is 12.1 Å². The summed E-state index contributed by atoms with van der Waals surface area (Å²) in [4.78, 5) is 13.6. The second-order valence-electron chi connectivity index (χ2n) is 3.79. The highest BCUT2D eigenvalue weighted by atomic mass is 16.3. The molecule has 86 valence electrons. The molecule has 1 aromatic heterocycles. The lowest BCUT2D eigenvalue weighted by Crippen LogP contribution is -2.33. The van der Waals surface area contributed by atoms with E-state index in [0.29, 0.717) is 12.3 Å². The minimum atomic E-state index is -0.0790. The SMILES string of the molecule is O=C(CN1CCCC1)NN=Cc1ccco1. The third-order valence-corrected chi connectivity index (χ3v) is 2.49. The molecule has 1 aliphatic rings. The number of hydrazone groups is 1. The second-order valence-corrected chi connectivity index (χ2v) is 3.79. The summed E-state index contributed by atoms with van der Waals surface area (Å²) in [5.41, 5.74) is 2.48. The molecule has 1 aliphatic heterocycles. The van der Waals surface area contributed by atoms with Gasteiger partial charge < -0.3 is 4.42 Å². The van der Waals surface area contributed by atoms with Crippen molar-refractivity contribution in [3.8, 4) is 0 Å². The van der Waals surface area contributed by atoms with E-state index in [1.165, 1.54) is 19.1 Å². The monoisotopic (exact) mass is 221 g/mol. The highest BCUT2D eigenvalue weighted by Crippen LogP contribution is 2.05. The van der Waals surface area contributed by atoms with Crippen LogP contribution in [0.1, 0.15) is 18.6 Å². The van der Waals surface area contributed by atoms with Gasteiger partial charge in [-0.05, 0) is 38.1 Å². The molecule has 2 heterocycles. The molecule has 0 bridgehead atoms. The number of carbonyl (C=O) groups excluding carboxylic acids is 1. The molecular formula is C11H15N3O2. The molecule has 1 amide bonds. The van der Waals surface area contributed by atoms with Crippen molar-refractivity contribution in [3.63, 3.8) is 0 Å². The Balaban J connectivity index is 1.71. The maximum atomic E-state index is 11.4. The van der Waals surface area contributed by atoms with E-state index < -0.39 is 0 Å². The van der Waals surface area contributed by atoms with Crippen LogP contribution >= 0.6 is 0 Å². The van der Waals surface area contributed by atoms with E-state index in [1.807, 2.05) is 0 Å². The Kier molecular flexibility index (Phi) is 3.71. The fourth-order valence-corrected chi connectivity index (χ4v) is 1.71. The molecule has 0 aliphatic carbocycles. The van der Waals surface area contributed by atoms with E-state index in [0.717, 1.165) is 13.1 Å². The maximum absolute atomic E-state index is 11.4. The third-order valence-electron chi connectivity index (χ3n) is 2.49. The van der Waals surface area contributed by atoms with Gasteiger partial charge in [0.2, 0.25) is 0 Å². The van der Waals surface area contributed by atoms with E-state index in [4.69, 9.17) is 4.42 Å². The molecule has 1 N–H and O–H groups in total. The van der Waals surface area contributed by atoms with Gasteiger partial charge in [-0.15, -0.1) is 0 Å². The van der Waals surface area contributed by atoms with Crippen LogP contribution in [-0.4, -0.2) is 36.7 Å². The molecule has 1 aromatic rings. The Hall–Kier alpha value is -1.62. The van der Waals surface area contributed by atoms with Gasteiger partial charge in [0.1, 0.15) is 5.76 Å². The van der Waals surface area contributed by atoms with Crippen LogP contribution < -0.4 is 5.43 Å². The van der Waals surface area contributed by atoms with Gasteiger partial charge in [-0.25, -0.2) is 5.43 Å². The highest BCUT2D eigenvalue weighted by Gasteiger charge is 2.14. The molecule has 1 saturated heterocycles. The zero-order valence-corrected chi connectivity index (χ0v) is 9.06. The molecule has 5 heteroatoms. The summed E-state index contributed by atoms with van der Waals surface area (Å²) < 4.78 is 5.04. The molecule has 0 atom stereocenters. The van der Waals surface area contributed by atoms with Crippen LogP contribution in [0.4, 0.5) is 0 Å². The lowest BCUT2D eigenvalue weighted by Gasteiger charge is -2.11. The van der Waals surface area contributed by atoms with Gasteiger partial charge in [0, 0.05) is 0 Å². The molecular weight excluding hydrogens is 206 g/mol. The van der Waals surface area contributed by atoms with Crippen LogP contribution in [0, 0.1) is 0 Å². The molecule has 0 aromatic carbocycles. The molecule has 0 spiro atoms. The topological polar surface area (TPSA) is 57.8 Å². The van der Waals surface area contributed by atoms with E-state index in [-0.39, 0.29) is 5.91 Å². The Morgan fingerprint density at radius 2 is 2.38 bits per heavy atom. The first-order chi connectivity index (χ1) is 7.84. The number of likely N-dealkylation sites (tertiary alicyclic amines) is 1. The number of furan rings is 1. The average molecular weight is 221 g/mol. The third kappa shape index (κ3) is 3.20. The standard InChI is InChI=1S/C11H15N3O2/c15-11(9-14-5-1-2-6-14)13-12-8-10-4-3-7-16-10/h3-4,7-8H,1-2,5-6,9H2,(H,13,15). The van der Waals surface area contributed by atoms with Gasteiger partial charge in [0.05, 0.1) is 19.0 Å². The second kappa shape index (κ2) is 5.46. The summed E-state index contributed by atoms with van der Waals surface area (Å²) in [7, 11) is 0. The number of carbonyl (C=O) groups is 1. The molecule has 0 radical (unpaired) electrons. The minimum absolute atomic E-state index is 0.0790. The van der Waals surface area contributed by atoms with Crippen molar-refractivity contribution in [3.05, 3.63) is 24.2 Å². The summed E-state index contributed by atoms with van der Waals surface area (Å²) in [5.74, 6) is 0.547. The zero-order valence-electron chi connectivity index (χ0n) is 9.06. The summed E-state index contributed by atoms with van der Waals surface area (Å²) >= 11 is 0. The Morgan fingerprint density at radius 3 is 3.06 bits per heavy atom. The van der Waals surface area contributed by atoms with E-state index in [2.05, 4.69) is 15.4 Å². The summed E-state index contributed by atoms with van der Waals surface area (Å²) in [6, 6.07) is 3.55. The fourth-order valence-electron chi connectivity index (χ4n) is 1.71. The largest absolute Gasteiger partial charge is 0.463 e. The minimum Gasteiger partial charge on any atom is -0.463 e. The first kappa shape index (κ1) is 10.9. The molecule has 5 nitrogen and oxygen atoms in total. The number of nitrogens with zero attached hydrogens (tertiary/aromatic N) is 2. The molecule has 16 heavy (non-hydrogen) atoms. The first-order valence-corrected chi connectivity index (χ1v) is 5.42. The Labute approximate surface area is 94.1 Å². The van der Waals surface area contributed by atoms with Gasteiger partial charge in [-0.3, -0.25) is 9.69 Å². The van der Waals surface area contributed by atoms with Crippen LogP contribution in [0.5, 0.6) is 0 Å². The summed E-state index contributed by atoms with van der Waals surface area (Å²) in [6.45, 7) is 2.44. The van der Waals surface area contributed by atoms with Crippen LogP contribution in [0.25, 0.3) is 0 Å². The molecule has 0 saturated carbocycles. The van der Waals surface area contributed by atoms with Crippen molar-refractivity contribution in [2.24, 2.45) is 5.10 Å². The van der Waals surface area contributed by atoms with Crippen LogP contribution in [0.2, 0.25) is 0 Å². The normalized spacial score (nSPS) is 17.0. The summed E-state index contributed by atoms with van der Waals surface area (Å²) in [6.07, 6.45) is 5.42. The molecule has 1 fully saturated rings. The Bertz CT molecular complexity index is 353. The van der Waals surface area contributed by atoms with Crippen molar-refractivity contribution < 1.29 is 9.21 Å². The number of hydrogen-bond donors (Lipinski definition) is 1. The van der Waals surface area contributed by atoms with Gasteiger partial charge >= 0.3 is 0 Å². The highest BCUT2D eigenvalue weighted by molar-refractivity contribution is 5.81. The quantitative estimate of drug-likeness (QED) is 0.605. The van der Waals surface area contributed by atoms with Gasteiger partial charge in [0.15, 0.2) is 0 Å². The van der Waals surface area contributed by atoms with Crippen molar-refractivity contribution in [2.75, 3.05) is 19.6 Å². The van der Waals surface area contributed by atoms with Crippen molar-refractivity contribution in [1.82, 2.24) is 10.3 Å². The number of rotatable bonds is 4. The van der Waals surface area contributed by atoms with Crippen molar-refractivity contribution in [2.45, 2.75) is 12.8 Å². The van der Waals surface area contributed by atoms with Crippen LogP contribution in [0.3, 0.4) is 0 Å². The van der Waals surface area contributed by atoms with Gasteiger partial charge in [-0.1, -0.05) is 0 Å². The smallest absolute Gasteiger partial charge is 0.254 e. The summed E-state index contributed by atoms with van der Waals surface area (Å²) in [5, 5.41) is 3.81. The number of amides is 1. The van der Waals surface area contributed by atoms with E-state index in [9.17, 15) is 4.79 Å².